The number of hydrogen-bond acceptors (Lipinski definition) is 5. The molecule has 12 heteroatoms. The van der Waals surface area contributed by atoms with Crippen LogP contribution >= 0.6 is 46.9 Å². The Morgan fingerprint density at radius 2 is 2.03 bits per heavy atom. The van der Waals surface area contributed by atoms with Gasteiger partial charge < -0.3 is 20.1 Å². The summed E-state index contributed by atoms with van der Waals surface area (Å²) in [6.45, 7) is 1.96. The van der Waals surface area contributed by atoms with Crippen molar-refractivity contribution in [1.29, 1.82) is 0 Å². The highest BCUT2D eigenvalue weighted by molar-refractivity contribution is 14.0. The van der Waals surface area contributed by atoms with Crippen LogP contribution in [0, 0.1) is 0 Å². The third-order valence-electron chi connectivity index (χ3n) is 4.02. The summed E-state index contributed by atoms with van der Waals surface area (Å²) >= 11 is 7.28. The molecule has 0 atom stereocenters. The highest BCUT2D eigenvalue weighted by Gasteiger charge is 2.33. The maximum Gasteiger partial charge on any atom is 0.434 e. The molecule has 1 aliphatic rings. The first-order valence-electron chi connectivity index (χ1n) is 8.91. The average Bonchev–Trinajstić information content (AvgIpc) is 3.03. The number of thiazole rings is 1. The highest BCUT2D eigenvalue weighted by atomic mass is 127. The molecule has 1 aromatic heterocycles. The molecule has 1 aliphatic heterocycles. The first-order chi connectivity index (χ1) is 13.9. The summed E-state index contributed by atoms with van der Waals surface area (Å²) in [5.74, 6) is 1.68. The lowest BCUT2D eigenvalue weighted by atomic mass is 10.2. The van der Waals surface area contributed by atoms with Crippen molar-refractivity contribution in [2.45, 2.75) is 25.6 Å². The van der Waals surface area contributed by atoms with E-state index in [2.05, 4.69) is 20.6 Å². The zero-order chi connectivity index (χ0) is 20.9. The number of benzene rings is 1. The topological polar surface area (TPSA) is 67.8 Å². The first-order valence-corrected chi connectivity index (χ1v) is 10.2. The Hall–Kier alpha value is -1.47. The van der Waals surface area contributed by atoms with Crippen LogP contribution in [0.25, 0.3) is 0 Å². The Labute approximate surface area is 198 Å². The number of aromatic nitrogens is 1. The molecule has 0 bridgehead atoms. The van der Waals surface area contributed by atoms with Crippen molar-refractivity contribution in [3.63, 3.8) is 0 Å². The van der Waals surface area contributed by atoms with Crippen molar-refractivity contribution in [2.75, 3.05) is 26.8 Å². The predicted molar refractivity (Wildman–Crippen MR) is 121 cm³/mol. The first kappa shape index (κ1) is 24.8. The summed E-state index contributed by atoms with van der Waals surface area (Å²) in [5.41, 5.74) is 0.0308. The van der Waals surface area contributed by atoms with Crippen molar-refractivity contribution in [3.8, 4) is 11.5 Å². The van der Waals surface area contributed by atoms with E-state index in [9.17, 15) is 13.2 Å². The maximum atomic E-state index is 12.6. The van der Waals surface area contributed by atoms with Crippen LogP contribution in [0.5, 0.6) is 11.5 Å². The van der Waals surface area contributed by atoms with Gasteiger partial charge in [-0.05, 0) is 17.7 Å². The van der Waals surface area contributed by atoms with Crippen LogP contribution in [0.3, 0.4) is 0 Å². The van der Waals surface area contributed by atoms with Crippen molar-refractivity contribution in [1.82, 2.24) is 15.6 Å². The van der Waals surface area contributed by atoms with E-state index < -0.39 is 11.9 Å². The Kier molecular flexibility index (Phi) is 9.29. The van der Waals surface area contributed by atoms with Gasteiger partial charge in [-0.1, -0.05) is 11.6 Å². The van der Waals surface area contributed by atoms with Gasteiger partial charge >= 0.3 is 6.18 Å². The number of halogens is 5. The van der Waals surface area contributed by atoms with Crippen LogP contribution in [0.15, 0.2) is 22.5 Å². The molecule has 0 amide bonds. The summed E-state index contributed by atoms with van der Waals surface area (Å²) in [6, 6.07) is 3.66. The molecule has 30 heavy (non-hydrogen) atoms. The second kappa shape index (κ2) is 11.2. The van der Waals surface area contributed by atoms with Gasteiger partial charge in [0.2, 0.25) is 0 Å². The average molecular weight is 577 g/mol. The van der Waals surface area contributed by atoms with Gasteiger partial charge in [-0.2, -0.15) is 13.2 Å². The van der Waals surface area contributed by atoms with Gasteiger partial charge in [0.25, 0.3) is 0 Å². The van der Waals surface area contributed by atoms with E-state index in [1.807, 2.05) is 6.07 Å². The monoisotopic (exact) mass is 576 g/mol. The Morgan fingerprint density at radius 3 is 2.73 bits per heavy atom. The van der Waals surface area contributed by atoms with E-state index in [0.29, 0.717) is 60.2 Å². The molecule has 1 aromatic carbocycles. The molecule has 6 nitrogen and oxygen atoms in total. The van der Waals surface area contributed by atoms with Gasteiger partial charge in [-0.15, -0.1) is 35.3 Å². The number of aliphatic imine (C=N–C) groups is 1. The normalized spacial score (nSPS) is 14.0. The fraction of sp³-hybridized carbons (Fsp3) is 0.444. The van der Waals surface area contributed by atoms with Gasteiger partial charge in [0.1, 0.15) is 0 Å². The summed E-state index contributed by atoms with van der Waals surface area (Å²) < 4.78 is 49.1. The van der Waals surface area contributed by atoms with E-state index in [1.165, 1.54) is 0 Å². The van der Waals surface area contributed by atoms with Crippen molar-refractivity contribution in [3.05, 3.63) is 38.8 Å². The molecule has 0 fully saturated rings. The van der Waals surface area contributed by atoms with Gasteiger partial charge in [-0.3, -0.25) is 4.99 Å². The Balaban J connectivity index is 0.00000320. The van der Waals surface area contributed by atoms with E-state index >= 15 is 0 Å². The smallest absolute Gasteiger partial charge is 0.434 e. The highest BCUT2D eigenvalue weighted by Crippen LogP contribution is 2.38. The zero-order valence-electron chi connectivity index (χ0n) is 16.0. The molecule has 3 rings (SSSR count). The lowest BCUT2D eigenvalue weighted by Gasteiger charge is -2.14. The molecule has 0 unspecified atom stereocenters. The molecular weight excluding hydrogens is 556 g/mol. The minimum atomic E-state index is -4.41. The second-order valence-electron chi connectivity index (χ2n) is 6.18. The number of guanidine groups is 1. The van der Waals surface area contributed by atoms with Gasteiger partial charge in [0, 0.05) is 38.4 Å². The van der Waals surface area contributed by atoms with Crippen molar-refractivity contribution < 1.29 is 22.6 Å². The van der Waals surface area contributed by atoms with E-state index in [0.717, 1.165) is 28.7 Å². The minimum absolute atomic E-state index is 0. The Bertz CT molecular complexity index is 880. The van der Waals surface area contributed by atoms with Crippen LogP contribution < -0.4 is 20.1 Å². The number of nitrogens with zero attached hydrogens (tertiary/aromatic N) is 2. The zero-order valence-corrected chi connectivity index (χ0v) is 19.9. The molecule has 0 aliphatic carbocycles. The molecule has 166 valence electrons. The molecule has 0 spiro atoms. The van der Waals surface area contributed by atoms with Crippen LogP contribution in [0.2, 0.25) is 5.02 Å². The SMILES string of the molecule is CN=C(NCCc1nc(C(F)(F)F)cs1)NCc1cc(Cl)c2c(c1)OCCCO2.I. The number of fused-ring (bicyclic) bond motifs is 1. The summed E-state index contributed by atoms with van der Waals surface area (Å²) in [5, 5.41) is 8.11. The van der Waals surface area contributed by atoms with Gasteiger partial charge in [0.15, 0.2) is 23.2 Å². The van der Waals surface area contributed by atoms with Gasteiger partial charge in [-0.25, -0.2) is 4.98 Å². The second-order valence-corrected chi connectivity index (χ2v) is 7.53. The third kappa shape index (κ3) is 6.77. The van der Waals surface area contributed by atoms with Crippen LogP contribution in [-0.2, 0) is 19.1 Å². The van der Waals surface area contributed by atoms with Gasteiger partial charge in [0.05, 0.1) is 23.2 Å². The number of hydrogen-bond donors (Lipinski definition) is 2. The summed E-state index contributed by atoms with van der Waals surface area (Å²) in [4.78, 5) is 7.72. The van der Waals surface area contributed by atoms with E-state index in [4.69, 9.17) is 21.1 Å². The molecule has 2 N–H and O–H groups in total. The molecular formula is C18H21ClF3IN4O2S. The quantitative estimate of drug-likeness (QED) is 0.312. The molecule has 2 heterocycles. The number of nitrogens with one attached hydrogen (secondary N) is 2. The van der Waals surface area contributed by atoms with E-state index in [-0.39, 0.29) is 24.0 Å². The van der Waals surface area contributed by atoms with Crippen LogP contribution in [-0.4, -0.2) is 37.7 Å². The fourth-order valence-electron chi connectivity index (χ4n) is 2.64. The third-order valence-corrected chi connectivity index (χ3v) is 5.21. The molecule has 2 aromatic rings. The van der Waals surface area contributed by atoms with Crippen LogP contribution in [0.1, 0.15) is 22.7 Å². The molecule has 0 saturated carbocycles. The minimum Gasteiger partial charge on any atom is -0.489 e. The lowest BCUT2D eigenvalue weighted by molar-refractivity contribution is -0.140. The maximum absolute atomic E-state index is 12.6. The predicted octanol–water partition coefficient (Wildman–Crippen LogP) is 4.50. The molecule has 0 saturated heterocycles. The van der Waals surface area contributed by atoms with Crippen molar-refractivity contribution in [2.24, 2.45) is 4.99 Å². The number of alkyl halides is 3. The fourth-order valence-corrected chi connectivity index (χ4v) is 3.73. The largest absolute Gasteiger partial charge is 0.489 e. The Morgan fingerprint density at radius 1 is 1.27 bits per heavy atom. The summed E-state index contributed by atoms with van der Waals surface area (Å²) in [7, 11) is 1.61. The van der Waals surface area contributed by atoms with Crippen molar-refractivity contribution >= 4 is 52.9 Å². The van der Waals surface area contributed by atoms with E-state index in [1.54, 1.807) is 13.1 Å². The molecule has 0 radical (unpaired) electrons. The number of ether oxygens (including phenoxy) is 2. The summed E-state index contributed by atoms with van der Waals surface area (Å²) in [6.07, 6.45) is -3.26. The lowest BCUT2D eigenvalue weighted by Crippen LogP contribution is -2.37. The standard InChI is InChI=1S/C18H20ClF3N4O2S.HI/c1-23-17(24-4-3-15-26-14(10-29-15)18(20,21)22)25-9-11-7-12(19)16-13(8-11)27-5-2-6-28-16;/h7-8,10H,2-6,9H2,1H3,(H2,23,24,25);1H. The number of rotatable bonds is 5. The van der Waals surface area contributed by atoms with Crippen LogP contribution in [0.4, 0.5) is 13.2 Å².